The molecular weight excluding hydrogens is 378 g/mol. The van der Waals surface area contributed by atoms with Crippen LogP contribution in [0, 0.1) is 0 Å². The fourth-order valence-corrected chi connectivity index (χ4v) is 4.25. The predicted octanol–water partition coefficient (Wildman–Crippen LogP) is 4.79. The molecule has 152 valence electrons. The number of carbonyl (C=O) groups excluding carboxylic acids is 1. The molecule has 0 saturated carbocycles. The number of carboxylic acid groups (broad SMARTS) is 1. The number of ether oxygens (including phenoxy) is 1. The van der Waals surface area contributed by atoms with Gasteiger partial charge in [-0.05, 0) is 35.6 Å². The molecule has 0 radical (unpaired) electrons. The molecule has 4 rings (SSSR count). The predicted molar refractivity (Wildman–Crippen MR) is 114 cm³/mol. The van der Waals surface area contributed by atoms with Gasteiger partial charge in [0.2, 0.25) is 0 Å². The standard InChI is InChI=1S/C25H23NO4/c1-30-22-14-8-13-19(17-9-4-2-5-10-17)23(22)24(27)26-20(15-16-21(26)25(28)29)18-11-6-3-7-12-18/h2-14,20-21H,15-16H2,1H3,(H,28,29). The Bertz CT molecular complexity index is 1050. The highest BCUT2D eigenvalue weighted by Gasteiger charge is 2.43. The largest absolute Gasteiger partial charge is 0.496 e. The molecule has 0 bridgehead atoms. The Morgan fingerprint density at radius 3 is 2.20 bits per heavy atom. The SMILES string of the molecule is COc1cccc(-c2ccccc2)c1C(=O)N1C(C(=O)O)CCC1c1ccccc1. The third-order valence-corrected chi connectivity index (χ3v) is 5.63. The Hall–Kier alpha value is -3.60. The first-order valence-corrected chi connectivity index (χ1v) is 9.94. The summed E-state index contributed by atoms with van der Waals surface area (Å²) >= 11 is 0. The van der Waals surface area contributed by atoms with Crippen molar-refractivity contribution in [2.24, 2.45) is 0 Å². The number of carboxylic acids is 1. The highest BCUT2D eigenvalue weighted by molar-refractivity contribution is 6.05. The summed E-state index contributed by atoms with van der Waals surface area (Å²) in [5, 5.41) is 9.83. The molecule has 1 saturated heterocycles. The Kier molecular flexibility index (Phi) is 5.53. The number of rotatable bonds is 5. The van der Waals surface area contributed by atoms with Gasteiger partial charge in [0.05, 0.1) is 18.7 Å². The van der Waals surface area contributed by atoms with E-state index in [4.69, 9.17) is 4.74 Å². The van der Waals surface area contributed by atoms with Crippen LogP contribution in [0.5, 0.6) is 5.75 Å². The van der Waals surface area contributed by atoms with Gasteiger partial charge in [0.15, 0.2) is 0 Å². The number of hydrogen-bond donors (Lipinski definition) is 1. The van der Waals surface area contributed by atoms with Crippen LogP contribution in [0.1, 0.15) is 34.8 Å². The van der Waals surface area contributed by atoms with Crippen LogP contribution in [0.15, 0.2) is 78.9 Å². The van der Waals surface area contributed by atoms with E-state index in [2.05, 4.69) is 0 Å². The van der Waals surface area contributed by atoms with Crippen LogP contribution < -0.4 is 4.74 Å². The highest BCUT2D eigenvalue weighted by Crippen LogP contribution is 2.40. The maximum absolute atomic E-state index is 13.9. The van der Waals surface area contributed by atoms with Crippen LogP contribution in [0.2, 0.25) is 0 Å². The van der Waals surface area contributed by atoms with Crippen LogP contribution >= 0.6 is 0 Å². The molecule has 1 heterocycles. The normalized spacial score (nSPS) is 18.2. The smallest absolute Gasteiger partial charge is 0.326 e. The molecule has 1 aliphatic heterocycles. The molecule has 3 aromatic rings. The van der Waals surface area contributed by atoms with Crippen molar-refractivity contribution < 1.29 is 19.4 Å². The molecule has 2 atom stereocenters. The van der Waals surface area contributed by atoms with Crippen LogP contribution in [0.3, 0.4) is 0 Å². The average molecular weight is 401 g/mol. The van der Waals surface area contributed by atoms with Gasteiger partial charge in [-0.3, -0.25) is 4.79 Å². The van der Waals surface area contributed by atoms with E-state index in [1.807, 2.05) is 72.8 Å². The molecule has 30 heavy (non-hydrogen) atoms. The minimum Gasteiger partial charge on any atom is -0.496 e. The van der Waals surface area contributed by atoms with Crippen molar-refractivity contribution in [2.75, 3.05) is 7.11 Å². The number of nitrogens with zero attached hydrogens (tertiary/aromatic N) is 1. The van der Waals surface area contributed by atoms with Gasteiger partial charge >= 0.3 is 5.97 Å². The van der Waals surface area contributed by atoms with E-state index in [1.165, 1.54) is 12.0 Å². The number of hydrogen-bond acceptors (Lipinski definition) is 3. The molecule has 0 aromatic heterocycles. The second-order valence-corrected chi connectivity index (χ2v) is 7.32. The number of carbonyl (C=O) groups is 2. The number of aliphatic carboxylic acids is 1. The summed E-state index contributed by atoms with van der Waals surface area (Å²) in [5.41, 5.74) is 2.93. The first-order chi connectivity index (χ1) is 14.6. The maximum Gasteiger partial charge on any atom is 0.326 e. The van der Waals surface area contributed by atoms with Gasteiger partial charge in [-0.15, -0.1) is 0 Å². The average Bonchev–Trinajstić information content (AvgIpc) is 3.25. The van der Waals surface area contributed by atoms with E-state index in [0.29, 0.717) is 24.2 Å². The van der Waals surface area contributed by atoms with Gasteiger partial charge < -0.3 is 14.7 Å². The molecule has 1 aliphatic rings. The molecular formula is C25H23NO4. The number of methoxy groups -OCH3 is 1. The first-order valence-electron chi connectivity index (χ1n) is 9.94. The zero-order valence-corrected chi connectivity index (χ0v) is 16.7. The molecule has 1 N–H and O–H groups in total. The maximum atomic E-state index is 13.9. The van der Waals surface area contributed by atoms with Crippen LogP contribution in [-0.2, 0) is 4.79 Å². The van der Waals surface area contributed by atoms with Crippen molar-refractivity contribution in [3.05, 3.63) is 90.0 Å². The summed E-state index contributed by atoms with van der Waals surface area (Å²) in [7, 11) is 1.52. The monoisotopic (exact) mass is 401 g/mol. The third-order valence-electron chi connectivity index (χ3n) is 5.63. The molecule has 1 fully saturated rings. The summed E-state index contributed by atoms with van der Waals surface area (Å²) in [5.74, 6) is -0.882. The fraction of sp³-hybridized carbons (Fsp3) is 0.200. The minimum atomic E-state index is -0.988. The summed E-state index contributed by atoms with van der Waals surface area (Å²) in [6, 6.07) is 23.5. The van der Waals surface area contributed by atoms with Crippen molar-refractivity contribution in [1.29, 1.82) is 0 Å². The van der Waals surface area contributed by atoms with E-state index in [0.717, 1.165) is 16.7 Å². The zero-order chi connectivity index (χ0) is 21.1. The van der Waals surface area contributed by atoms with Gasteiger partial charge in [0, 0.05) is 0 Å². The Labute approximate surface area is 175 Å². The second-order valence-electron chi connectivity index (χ2n) is 7.32. The molecule has 2 unspecified atom stereocenters. The molecule has 0 aliphatic carbocycles. The lowest BCUT2D eigenvalue weighted by molar-refractivity contribution is -0.141. The minimum absolute atomic E-state index is 0.298. The first kappa shape index (κ1) is 19.7. The van der Waals surface area contributed by atoms with E-state index in [9.17, 15) is 14.7 Å². The topological polar surface area (TPSA) is 66.8 Å². The van der Waals surface area contributed by atoms with E-state index in [1.54, 1.807) is 6.07 Å². The molecule has 3 aromatic carbocycles. The van der Waals surface area contributed by atoms with E-state index >= 15 is 0 Å². The molecule has 5 heteroatoms. The molecule has 1 amide bonds. The summed E-state index contributed by atoms with van der Waals surface area (Å²) in [6.07, 6.45) is 1.01. The van der Waals surface area contributed by atoms with Crippen molar-refractivity contribution in [3.8, 4) is 16.9 Å². The van der Waals surface area contributed by atoms with Crippen molar-refractivity contribution in [2.45, 2.75) is 24.9 Å². The van der Waals surface area contributed by atoms with Crippen LogP contribution in [0.25, 0.3) is 11.1 Å². The number of likely N-dealkylation sites (tertiary alicyclic amines) is 1. The Balaban J connectivity index is 1.85. The van der Waals surface area contributed by atoms with Gasteiger partial charge in [-0.25, -0.2) is 4.79 Å². The van der Waals surface area contributed by atoms with E-state index in [-0.39, 0.29) is 11.9 Å². The lowest BCUT2D eigenvalue weighted by Gasteiger charge is -2.30. The van der Waals surface area contributed by atoms with Crippen LogP contribution in [-0.4, -0.2) is 35.0 Å². The number of benzene rings is 3. The second kappa shape index (κ2) is 8.41. The Morgan fingerprint density at radius 2 is 1.57 bits per heavy atom. The highest BCUT2D eigenvalue weighted by atomic mass is 16.5. The summed E-state index contributed by atoms with van der Waals surface area (Å²) in [4.78, 5) is 27.4. The lowest BCUT2D eigenvalue weighted by Crippen LogP contribution is -2.42. The Morgan fingerprint density at radius 1 is 0.900 bits per heavy atom. The van der Waals surface area contributed by atoms with Gasteiger partial charge in [0.1, 0.15) is 11.8 Å². The van der Waals surface area contributed by atoms with Crippen molar-refractivity contribution in [3.63, 3.8) is 0 Å². The lowest BCUT2D eigenvalue weighted by atomic mass is 9.96. The third kappa shape index (κ3) is 3.54. The van der Waals surface area contributed by atoms with Crippen molar-refractivity contribution in [1.82, 2.24) is 4.90 Å². The molecule has 0 spiro atoms. The quantitative estimate of drug-likeness (QED) is 0.667. The zero-order valence-electron chi connectivity index (χ0n) is 16.7. The van der Waals surface area contributed by atoms with Crippen LogP contribution in [0.4, 0.5) is 0 Å². The summed E-state index contributed by atoms with van der Waals surface area (Å²) in [6.45, 7) is 0. The fourth-order valence-electron chi connectivity index (χ4n) is 4.25. The van der Waals surface area contributed by atoms with Gasteiger partial charge in [-0.2, -0.15) is 0 Å². The van der Waals surface area contributed by atoms with Crippen molar-refractivity contribution >= 4 is 11.9 Å². The van der Waals surface area contributed by atoms with Gasteiger partial charge in [-0.1, -0.05) is 72.8 Å². The number of amides is 1. The van der Waals surface area contributed by atoms with Gasteiger partial charge in [0.25, 0.3) is 5.91 Å². The van der Waals surface area contributed by atoms with E-state index < -0.39 is 12.0 Å². The summed E-state index contributed by atoms with van der Waals surface area (Å²) < 4.78 is 5.53. The molecule has 5 nitrogen and oxygen atoms in total.